The molecule has 0 N–H and O–H groups in total. The van der Waals surface area contributed by atoms with Crippen LogP contribution in [0.15, 0.2) is 91.0 Å². The molecule has 0 aliphatic rings. The van der Waals surface area contributed by atoms with Crippen LogP contribution in [-0.4, -0.2) is 23.2 Å². The molecular formula is C40H50NNaO4. The maximum Gasteiger partial charge on any atom is 1.00 e. The fraction of sp³-hybridized carbons (Fsp3) is 0.425. The molecule has 240 valence electrons. The summed E-state index contributed by atoms with van der Waals surface area (Å²) in [7, 11) is 0. The Hall–Kier alpha value is -2.99. The van der Waals surface area contributed by atoms with Crippen LogP contribution in [0, 0.1) is 6.92 Å². The Labute approximate surface area is 298 Å². The van der Waals surface area contributed by atoms with Crippen LogP contribution in [0.2, 0.25) is 0 Å². The summed E-state index contributed by atoms with van der Waals surface area (Å²) in [6.45, 7) is 6.04. The summed E-state index contributed by atoms with van der Waals surface area (Å²) in [6, 6.07) is 29.9. The third-order valence-electron chi connectivity index (χ3n) is 8.47. The van der Waals surface area contributed by atoms with E-state index in [1.807, 2.05) is 54.6 Å². The number of rotatable bonds is 21. The summed E-state index contributed by atoms with van der Waals surface area (Å²) >= 11 is 0. The minimum Gasteiger partial charge on any atom is -0.546 e. The number of aliphatic carboxylic acids is 1. The summed E-state index contributed by atoms with van der Waals surface area (Å²) < 4.78 is 14.1. The maximum atomic E-state index is 11.7. The summed E-state index contributed by atoms with van der Waals surface area (Å²) in [5.41, 5.74) is 5.54. The molecule has 0 unspecified atom stereocenters. The van der Waals surface area contributed by atoms with Gasteiger partial charge < -0.3 is 23.9 Å². The van der Waals surface area contributed by atoms with Crippen molar-refractivity contribution in [2.45, 2.75) is 104 Å². The summed E-state index contributed by atoms with van der Waals surface area (Å²) in [5.74, 6) is 0.231. The van der Waals surface area contributed by atoms with Gasteiger partial charge in [-0.15, -0.1) is 0 Å². The predicted molar refractivity (Wildman–Crippen MR) is 182 cm³/mol. The van der Waals surface area contributed by atoms with Gasteiger partial charge in [0.2, 0.25) is 0 Å². The van der Waals surface area contributed by atoms with Crippen molar-refractivity contribution in [1.82, 2.24) is 4.57 Å². The quantitative estimate of drug-likeness (QED) is 0.0868. The first-order chi connectivity index (χ1) is 22.0. The Morgan fingerprint density at radius 3 is 1.96 bits per heavy atom. The Balaban J connectivity index is 0.00000576. The number of ether oxygens (including phenoxy) is 2. The number of carbonyl (C=O) groups is 1. The minimum absolute atomic E-state index is 0. The molecule has 4 rings (SSSR count). The van der Waals surface area contributed by atoms with E-state index in [2.05, 4.69) is 54.8 Å². The number of hydrogen-bond acceptors (Lipinski definition) is 4. The zero-order chi connectivity index (χ0) is 31.7. The minimum atomic E-state index is -1.22. The van der Waals surface area contributed by atoms with Crippen molar-refractivity contribution in [2.24, 2.45) is 0 Å². The Bertz CT molecular complexity index is 1400. The smallest absolute Gasteiger partial charge is 0.546 e. The van der Waals surface area contributed by atoms with Crippen LogP contribution in [0.4, 0.5) is 0 Å². The molecule has 0 radical (unpaired) electrons. The van der Waals surface area contributed by atoms with Gasteiger partial charge in [-0.25, -0.2) is 0 Å². The normalized spacial score (nSPS) is 11.5. The van der Waals surface area contributed by atoms with E-state index in [4.69, 9.17) is 9.47 Å². The van der Waals surface area contributed by atoms with Gasteiger partial charge in [0, 0.05) is 24.4 Å². The Morgan fingerprint density at radius 1 is 0.717 bits per heavy atom. The molecule has 0 bridgehead atoms. The van der Waals surface area contributed by atoms with Crippen LogP contribution in [0.3, 0.4) is 0 Å². The second kappa shape index (κ2) is 21.0. The van der Waals surface area contributed by atoms with Crippen LogP contribution in [0.5, 0.6) is 11.5 Å². The average Bonchev–Trinajstić information content (AvgIpc) is 3.43. The van der Waals surface area contributed by atoms with Crippen LogP contribution in [0.1, 0.15) is 88.0 Å². The van der Waals surface area contributed by atoms with Gasteiger partial charge >= 0.3 is 29.6 Å². The molecule has 1 heterocycles. The van der Waals surface area contributed by atoms with Crippen LogP contribution in [-0.2, 0) is 24.2 Å². The van der Waals surface area contributed by atoms with Crippen molar-refractivity contribution < 1.29 is 48.9 Å². The van der Waals surface area contributed by atoms with Gasteiger partial charge in [0.15, 0.2) is 0 Å². The van der Waals surface area contributed by atoms with Gasteiger partial charge in [-0.3, -0.25) is 0 Å². The largest absolute Gasteiger partial charge is 1.00 e. The van der Waals surface area contributed by atoms with Gasteiger partial charge in [0.25, 0.3) is 0 Å². The molecule has 1 atom stereocenters. The van der Waals surface area contributed by atoms with Crippen molar-refractivity contribution >= 4 is 5.97 Å². The molecule has 0 fully saturated rings. The van der Waals surface area contributed by atoms with E-state index in [1.165, 1.54) is 69.0 Å². The van der Waals surface area contributed by atoms with E-state index >= 15 is 0 Å². The maximum absolute atomic E-state index is 11.7. The van der Waals surface area contributed by atoms with E-state index in [1.54, 1.807) is 0 Å². The zero-order valence-electron chi connectivity index (χ0n) is 28.2. The molecule has 0 saturated heterocycles. The Morgan fingerprint density at radius 2 is 1.33 bits per heavy atom. The average molecular weight is 632 g/mol. The number of hydrogen-bond donors (Lipinski definition) is 0. The topological polar surface area (TPSA) is 63.5 Å². The first-order valence-corrected chi connectivity index (χ1v) is 16.9. The standard InChI is InChI=1S/C40H51NO4.Na/c1-3-4-5-6-7-8-9-10-11-15-30-44-36-23-19-33(20-24-36)28-29-41-32(2)18-27-38(41)35-21-25-37(26-22-35)45-39(40(42)43)31-34-16-13-12-14-17-34;/h12-14,16-27,39H,3-11,15,28-31H2,1-2H3,(H,42,43);/q;+1/p-1/t39-;/m1./s1. The number of aromatic nitrogens is 1. The van der Waals surface area contributed by atoms with Crippen molar-refractivity contribution in [3.8, 4) is 22.8 Å². The molecule has 4 aromatic rings. The van der Waals surface area contributed by atoms with E-state index < -0.39 is 12.1 Å². The number of carbonyl (C=O) groups excluding carboxylic acids is 1. The van der Waals surface area contributed by atoms with Crippen molar-refractivity contribution in [1.29, 1.82) is 0 Å². The third kappa shape index (κ3) is 12.7. The van der Waals surface area contributed by atoms with Crippen LogP contribution in [0.25, 0.3) is 11.3 Å². The predicted octanol–water partition coefficient (Wildman–Crippen LogP) is 5.75. The number of aryl methyl sites for hydroxylation is 2. The van der Waals surface area contributed by atoms with Crippen molar-refractivity contribution in [2.75, 3.05) is 6.61 Å². The first-order valence-electron chi connectivity index (χ1n) is 16.9. The van der Waals surface area contributed by atoms with Crippen LogP contribution < -0.4 is 44.1 Å². The second-order valence-electron chi connectivity index (χ2n) is 12.1. The molecule has 6 heteroatoms. The fourth-order valence-corrected chi connectivity index (χ4v) is 5.76. The number of carboxylic acids is 1. The van der Waals surface area contributed by atoms with Gasteiger partial charge in [-0.1, -0.05) is 107 Å². The van der Waals surface area contributed by atoms with Gasteiger partial charge in [-0.05, 0) is 85.0 Å². The number of unbranched alkanes of at least 4 members (excludes halogenated alkanes) is 9. The van der Waals surface area contributed by atoms with E-state index in [-0.39, 0.29) is 36.0 Å². The molecule has 0 saturated carbocycles. The fourth-order valence-electron chi connectivity index (χ4n) is 5.76. The summed E-state index contributed by atoms with van der Waals surface area (Å²) in [6.07, 6.45) is 13.4. The van der Waals surface area contributed by atoms with E-state index in [0.717, 1.165) is 48.6 Å². The van der Waals surface area contributed by atoms with Gasteiger partial charge in [0.05, 0.1) is 12.6 Å². The second-order valence-corrected chi connectivity index (χ2v) is 12.1. The SMILES string of the molecule is CCCCCCCCCCCCOc1ccc(CCn2c(C)ccc2-c2ccc(O[C@H](Cc3ccccc3)C(=O)[O-])cc2)cc1.[Na+]. The summed E-state index contributed by atoms with van der Waals surface area (Å²) in [5, 5.41) is 11.7. The number of carboxylic acid groups (broad SMARTS) is 1. The van der Waals surface area contributed by atoms with Crippen molar-refractivity contribution in [3.63, 3.8) is 0 Å². The molecule has 0 amide bonds. The molecule has 3 aromatic carbocycles. The monoisotopic (exact) mass is 631 g/mol. The molecule has 46 heavy (non-hydrogen) atoms. The van der Waals surface area contributed by atoms with Gasteiger partial charge in [0.1, 0.15) is 17.6 Å². The first kappa shape index (κ1) is 37.5. The number of nitrogens with zero attached hydrogens (tertiary/aromatic N) is 1. The van der Waals surface area contributed by atoms with E-state index in [9.17, 15) is 9.90 Å². The number of benzene rings is 3. The molecule has 0 aliphatic carbocycles. The molecule has 5 nitrogen and oxygen atoms in total. The van der Waals surface area contributed by atoms with Crippen LogP contribution >= 0.6 is 0 Å². The molecule has 1 aromatic heterocycles. The van der Waals surface area contributed by atoms with Crippen molar-refractivity contribution in [3.05, 3.63) is 108 Å². The molecule has 0 spiro atoms. The summed E-state index contributed by atoms with van der Waals surface area (Å²) in [4.78, 5) is 11.7. The zero-order valence-corrected chi connectivity index (χ0v) is 30.2. The Kier molecular flexibility index (Phi) is 17.1. The third-order valence-corrected chi connectivity index (χ3v) is 8.47. The van der Waals surface area contributed by atoms with Gasteiger partial charge in [-0.2, -0.15) is 0 Å². The molecular weight excluding hydrogens is 581 g/mol. The van der Waals surface area contributed by atoms with E-state index in [0.29, 0.717) is 5.75 Å². The molecule has 0 aliphatic heterocycles.